The molecule has 0 amide bonds. The Morgan fingerprint density at radius 3 is 0.889 bits per heavy atom. The molecule has 0 fully saturated rings. The molecular formula is C66H112O6. The van der Waals surface area contributed by atoms with Crippen molar-refractivity contribution in [3.63, 3.8) is 0 Å². The van der Waals surface area contributed by atoms with E-state index in [9.17, 15) is 14.4 Å². The fourth-order valence-electron chi connectivity index (χ4n) is 8.38. The fraction of sp³-hybridized carbons (Fsp3) is 0.712. The van der Waals surface area contributed by atoms with Crippen LogP contribution in [0.1, 0.15) is 284 Å². The largest absolute Gasteiger partial charge is 0.462 e. The standard InChI is InChI=1S/C66H112O6/c1-4-7-10-13-16-19-22-25-27-29-30-31-32-33-34-35-37-38-41-44-47-50-53-56-59-65(68)71-62-63(61-70-64(67)58-55-52-49-46-43-40-24-21-18-15-12-9-6-3)72-66(69)60-57-54-51-48-45-42-39-36-28-26-23-20-17-14-11-8-5-2/h8-9,11-12,17-18,20-21,26,28,39-40,42-43,48,51,63H,4-7,10,13-16,19,22-25,27,29-38,41,44-47,49-50,52-62H2,1-3H3/b11-8-,12-9-,20-17-,21-18-,28-26-,42-39-,43-40-,51-48-. The van der Waals surface area contributed by atoms with Gasteiger partial charge in [0, 0.05) is 19.3 Å². The third kappa shape index (κ3) is 57.2. The topological polar surface area (TPSA) is 78.9 Å². The van der Waals surface area contributed by atoms with E-state index in [1.165, 1.54) is 135 Å². The molecule has 0 aliphatic rings. The molecule has 0 aromatic carbocycles. The molecule has 6 heteroatoms. The minimum Gasteiger partial charge on any atom is -0.462 e. The van der Waals surface area contributed by atoms with Crippen molar-refractivity contribution in [1.82, 2.24) is 0 Å². The van der Waals surface area contributed by atoms with Crippen LogP contribution in [0, 0.1) is 0 Å². The summed E-state index contributed by atoms with van der Waals surface area (Å²) >= 11 is 0. The Bertz CT molecular complexity index is 1430. The van der Waals surface area contributed by atoms with Crippen molar-refractivity contribution in [2.45, 2.75) is 290 Å². The second-order valence-electron chi connectivity index (χ2n) is 19.9. The maximum Gasteiger partial charge on any atom is 0.306 e. The second kappa shape index (κ2) is 59.9. The summed E-state index contributed by atoms with van der Waals surface area (Å²) in [6.07, 6.45) is 80.0. The number of esters is 3. The number of unbranched alkanes of at least 4 members (excludes halogenated alkanes) is 27. The van der Waals surface area contributed by atoms with Crippen LogP contribution in [-0.2, 0) is 28.6 Å². The third-order valence-corrected chi connectivity index (χ3v) is 12.8. The molecule has 412 valence electrons. The van der Waals surface area contributed by atoms with Crippen molar-refractivity contribution < 1.29 is 28.6 Å². The molecule has 0 N–H and O–H groups in total. The Morgan fingerprint density at radius 2 is 0.556 bits per heavy atom. The summed E-state index contributed by atoms with van der Waals surface area (Å²) in [5.74, 6) is -0.992. The predicted molar refractivity (Wildman–Crippen MR) is 311 cm³/mol. The van der Waals surface area contributed by atoms with Crippen LogP contribution in [0.25, 0.3) is 0 Å². The van der Waals surface area contributed by atoms with Gasteiger partial charge in [0.25, 0.3) is 0 Å². The second-order valence-corrected chi connectivity index (χ2v) is 19.9. The molecule has 0 aromatic heterocycles. The van der Waals surface area contributed by atoms with Crippen LogP contribution in [0.5, 0.6) is 0 Å². The lowest BCUT2D eigenvalue weighted by Gasteiger charge is -2.18. The molecule has 0 heterocycles. The highest BCUT2D eigenvalue weighted by Crippen LogP contribution is 2.17. The first kappa shape index (κ1) is 68.3. The van der Waals surface area contributed by atoms with Gasteiger partial charge in [0.1, 0.15) is 13.2 Å². The van der Waals surface area contributed by atoms with Crippen molar-refractivity contribution in [2.24, 2.45) is 0 Å². The molecule has 0 saturated heterocycles. The average molecular weight is 1000 g/mol. The fourth-order valence-corrected chi connectivity index (χ4v) is 8.38. The number of hydrogen-bond acceptors (Lipinski definition) is 6. The zero-order chi connectivity index (χ0) is 52.2. The molecule has 0 aliphatic carbocycles. The zero-order valence-corrected chi connectivity index (χ0v) is 47.2. The molecule has 0 aliphatic heterocycles. The van der Waals surface area contributed by atoms with E-state index < -0.39 is 6.10 Å². The Balaban J connectivity index is 4.37. The van der Waals surface area contributed by atoms with Crippen LogP contribution in [0.3, 0.4) is 0 Å². The molecular weight excluding hydrogens is 889 g/mol. The van der Waals surface area contributed by atoms with Gasteiger partial charge >= 0.3 is 17.9 Å². The molecule has 0 spiro atoms. The van der Waals surface area contributed by atoms with Crippen LogP contribution >= 0.6 is 0 Å². The zero-order valence-electron chi connectivity index (χ0n) is 47.2. The lowest BCUT2D eigenvalue weighted by atomic mass is 10.0. The predicted octanol–water partition coefficient (Wildman–Crippen LogP) is 20.5. The van der Waals surface area contributed by atoms with Crippen molar-refractivity contribution >= 4 is 17.9 Å². The summed E-state index contributed by atoms with van der Waals surface area (Å²) in [4.78, 5) is 38.2. The first-order valence-corrected chi connectivity index (χ1v) is 30.2. The summed E-state index contributed by atoms with van der Waals surface area (Å²) in [5, 5.41) is 0. The van der Waals surface area contributed by atoms with Gasteiger partial charge in [-0.1, -0.05) is 272 Å². The highest BCUT2D eigenvalue weighted by atomic mass is 16.6. The molecule has 0 saturated carbocycles. The van der Waals surface area contributed by atoms with Gasteiger partial charge in [0.15, 0.2) is 6.10 Å². The Labute approximate surface area is 445 Å². The summed E-state index contributed by atoms with van der Waals surface area (Å²) in [6, 6.07) is 0. The highest BCUT2D eigenvalue weighted by molar-refractivity contribution is 5.71. The number of carbonyl (C=O) groups is 3. The Kier molecular flexibility index (Phi) is 56.8. The van der Waals surface area contributed by atoms with Gasteiger partial charge in [-0.3, -0.25) is 14.4 Å². The van der Waals surface area contributed by atoms with E-state index in [0.29, 0.717) is 19.3 Å². The van der Waals surface area contributed by atoms with Gasteiger partial charge in [-0.15, -0.1) is 0 Å². The van der Waals surface area contributed by atoms with Gasteiger partial charge in [0.05, 0.1) is 0 Å². The van der Waals surface area contributed by atoms with Gasteiger partial charge in [-0.05, 0) is 89.9 Å². The lowest BCUT2D eigenvalue weighted by molar-refractivity contribution is -0.167. The molecule has 0 bridgehead atoms. The minimum absolute atomic E-state index is 0.108. The summed E-state index contributed by atoms with van der Waals surface area (Å²) in [6.45, 7) is 6.36. The van der Waals surface area contributed by atoms with Gasteiger partial charge < -0.3 is 14.2 Å². The molecule has 6 nitrogen and oxygen atoms in total. The highest BCUT2D eigenvalue weighted by Gasteiger charge is 2.19. The van der Waals surface area contributed by atoms with Crippen LogP contribution in [0.4, 0.5) is 0 Å². The number of hydrogen-bond donors (Lipinski definition) is 0. The number of carbonyl (C=O) groups excluding carboxylic acids is 3. The number of ether oxygens (including phenoxy) is 3. The monoisotopic (exact) mass is 1000 g/mol. The van der Waals surface area contributed by atoms with Crippen molar-refractivity contribution in [2.75, 3.05) is 13.2 Å². The number of allylic oxidation sites excluding steroid dienone is 16. The summed E-state index contributed by atoms with van der Waals surface area (Å²) < 4.78 is 16.8. The first-order chi connectivity index (χ1) is 35.5. The quantitative estimate of drug-likeness (QED) is 0.0261. The first-order valence-electron chi connectivity index (χ1n) is 30.2. The van der Waals surface area contributed by atoms with Crippen molar-refractivity contribution in [1.29, 1.82) is 0 Å². The van der Waals surface area contributed by atoms with Gasteiger partial charge in [-0.25, -0.2) is 0 Å². The molecule has 0 radical (unpaired) electrons. The van der Waals surface area contributed by atoms with Crippen LogP contribution in [0.2, 0.25) is 0 Å². The van der Waals surface area contributed by atoms with E-state index in [4.69, 9.17) is 14.2 Å². The molecule has 72 heavy (non-hydrogen) atoms. The molecule has 1 atom stereocenters. The molecule has 0 rings (SSSR count). The Hall–Kier alpha value is -3.67. The van der Waals surface area contributed by atoms with E-state index >= 15 is 0 Å². The Morgan fingerprint density at radius 1 is 0.292 bits per heavy atom. The summed E-state index contributed by atoms with van der Waals surface area (Å²) in [5.41, 5.74) is 0. The van der Waals surface area contributed by atoms with E-state index in [0.717, 1.165) is 103 Å². The van der Waals surface area contributed by atoms with Gasteiger partial charge in [0.2, 0.25) is 0 Å². The summed E-state index contributed by atoms with van der Waals surface area (Å²) in [7, 11) is 0. The van der Waals surface area contributed by atoms with Crippen LogP contribution < -0.4 is 0 Å². The van der Waals surface area contributed by atoms with E-state index in [1.807, 2.05) is 0 Å². The molecule has 0 aromatic rings. The van der Waals surface area contributed by atoms with Crippen LogP contribution in [0.15, 0.2) is 97.2 Å². The van der Waals surface area contributed by atoms with Gasteiger partial charge in [-0.2, -0.15) is 0 Å². The number of rotatable bonds is 54. The lowest BCUT2D eigenvalue weighted by Crippen LogP contribution is -2.30. The molecule has 1 unspecified atom stereocenters. The van der Waals surface area contributed by atoms with Crippen molar-refractivity contribution in [3.05, 3.63) is 97.2 Å². The maximum absolute atomic E-state index is 12.8. The van der Waals surface area contributed by atoms with E-state index in [2.05, 4.69) is 118 Å². The third-order valence-electron chi connectivity index (χ3n) is 12.8. The average Bonchev–Trinajstić information content (AvgIpc) is 3.38. The van der Waals surface area contributed by atoms with E-state index in [1.54, 1.807) is 0 Å². The van der Waals surface area contributed by atoms with Crippen molar-refractivity contribution in [3.8, 4) is 0 Å². The normalized spacial score (nSPS) is 12.8. The minimum atomic E-state index is -0.819. The SMILES string of the molecule is CC/C=C\C/C=C\C/C=C\C/C=C\C/C=C\CCCC(=O)OC(COC(=O)CCCCC/C=C\C/C=C\C/C=C\CC)COC(=O)CCCCCCCCCCCCCCCCCCCCCCCCCC. The smallest absolute Gasteiger partial charge is 0.306 e. The maximum atomic E-state index is 12.8. The van der Waals surface area contributed by atoms with E-state index in [-0.39, 0.29) is 37.5 Å². The van der Waals surface area contributed by atoms with Crippen LogP contribution in [-0.4, -0.2) is 37.2 Å².